The van der Waals surface area contributed by atoms with E-state index in [2.05, 4.69) is 37.9 Å². The molecule has 0 aliphatic heterocycles. The van der Waals surface area contributed by atoms with E-state index < -0.39 is 0 Å². The van der Waals surface area contributed by atoms with Crippen LogP contribution in [0.2, 0.25) is 0 Å². The molecule has 0 aromatic heterocycles. The molecule has 1 aliphatic rings. The smallest absolute Gasteiger partial charge is 0.197 e. The maximum absolute atomic E-state index is 13.4. The zero-order chi connectivity index (χ0) is 30.3. The number of carbonyl (C=O) groups excluding carboxylic acids is 2. The first-order chi connectivity index (χ1) is 20.4. The van der Waals surface area contributed by atoms with Crippen LogP contribution in [0.4, 0.5) is 11.4 Å². The number of hydrogen-bond donors (Lipinski definition) is 0. The quantitative estimate of drug-likeness (QED) is 0.124. The first kappa shape index (κ1) is 33.5. The van der Waals surface area contributed by atoms with E-state index in [0.29, 0.717) is 30.7 Å². The number of ketones is 2. The summed E-state index contributed by atoms with van der Waals surface area (Å²) < 4.78 is 5.81. The van der Waals surface area contributed by atoms with Crippen molar-refractivity contribution >= 4 is 28.7 Å². The van der Waals surface area contributed by atoms with Crippen molar-refractivity contribution in [1.82, 2.24) is 0 Å². The Labute approximate surface area is 254 Å². The molecule has 42 heavy (non-hydrogen) atoms. The lowest BCUT2D eigenvalue weighted by Gasteiger charge is -2.20. The number of allylic oxidation sites excluding steroid dienone is 2. The minimum atomic E-state index is -0.208. The summed E-state index contributed by atoms with van der Waals surface area (Å²) in [6.45, 7) is 10.6. The molecule has 2 aromatic carbocycles. The van der Waals surface area contributed by atoms with Gasteiger partial charge in [-0.15, -0.1) is 0 Å². The highest BCUT2D eigenvalue weighted by Crippen LogP contribution is 2.30. The summed E-state index contributed by atoms with van der Waals surface area (Å²) in [6.07, 6.45) is 15.6. The highest BCUT2D eigenvalue weighted by Gasteiger charge is 2.29. The fraction of sp³-hybridized carbons (Fsp3) is 0.541. The van der Waals surface area contributed by atoms with Crippen LogP contribution in [0.5, 0.6) is 0 Å². The molecule has 0 bridgehead atoms. The van der Waals surface area contributed by atoms with Crippen LogP contribution < -0.4 is 4.90 Å². The Morgan fingerprint density at radius 2 is 1.50 bits per heavy atom. The summed E-state index contributed by atoms with van der Waals surface area (Å²) in [5, 5.41) is 0. The van der Waals surface area contributed by atoms with Gasteiger partial charge >= 0.3 is 0 Å². The minimum absolute atomic E-state index is 0.140. The van der Waals surface area contributed by atoms with Gasteiger partial charge in [0.25, 0.3) is 0 Å². The van der Waals surface area contributed by atoms with E-state index in [1.807, 2.05) is 38.1 Å². The van der Waals surface area contributed by atoms with Gasteiger partial charge in [0.2, 0.25) is 0 Å². The summed E-state index contributed by atoms with van der Waals surface area (Å²) in [5.41, 5.74) is 6.26. The lowest BCUT2D eigenvalue weighted by molar-refractivity contribution is -0.115. The number of ether oxygens (including phenoxy) is 1. The number of Topliss-reactive ketones (excluding diaryl/α,β-unsaturated/α-hetero) is 2. The number of fused-ring (bicyclic) bond motifs is 1. The number of nitrogens with zero attached hydrogens (tertiary/aromatic N) is 2. The SMILES string of the molecule is CCCCCCCCCCCCOCCCC(=O)C1=CC(=Nc2ccc(N(C)CC)cc2C)c2c(C)cccc2C1=O. The van der Waals surface area contributed by atoms with E-state index in [0.717, 1.165) is 47.6 Å². The highest BCUT2D eigenvalue weighted by molar-refractivity contribution is 6.36. The molecule has 0 N–H and O–H groups in total. The Kier molecular flexibility index (Phi) is 14.2. The van der Waals surface area contributed by atoms with Gasteiger partial charge in [0, 0.05) is 50.0 Å². The molecule has 3 rings (SSSR count). The topological polar surface area (TPSA) is 59.0 Å². The first-order valence-electron chi connectivity index (χ1n) is 16.2. The number of anilines is 1. The number of rotatable bonds is 19. The first-order valence-corrected chi connectivity index (χ1v) is 16.2. The Balaban J connectivity index is 1.54. The lowest BCUT2D eigenvalue weighted by Crippen LogP contribution is -2.23. The van der Waals surface area contributed by atoms with Gasteiger partial charge in [0.15, 0.2) is 11.6 Å². The molecule has 0 saturated carbocycles. The van der Waals surface area contributed by atoms with Crippen LogP contribution in [0.15, 0.2) is 53.0 Å². The Bertz CT molecular complexity index is 1240. The van der Waals surface area contributed by atoms with Gasteiger partial charge in [0.05, 0.1) is 17.0 Å². The van der Waals surface area contributed by atoms with Crippen molar-refractivity contribution < 1.29 is 14.3 Å². The minimum Gasteiger partial charge on any atom is -0.381 e. The van der Waals surface area contributed by atoms with Crippen LogP contribution in [-0.2, 0) is 9.53 Å². The Morgan fingerprint density at radius 3 is 2.17 bits per heavy atom. The second-order valence-corrected chi connectivity index (χ2v) is 11.7. The molecule has 0 amide bonds. The maximum atomic E-state index is 13.4. The molecule has 0 heterocycles. The van der Waals surface area contributed by atoms with Crippen molar-refractivity contribution in [3.8, 4) is 0 Å². The number of hydrogen-bond acceptors (Lipinski definition) is 5. The molecule has 0 unspecified atom stereocenters. The molecule has 5 nitrogen and oxygen atoms in total. The van der Waals surface area contributed by atoms with Crippen molar-refractivity contribution in [3.05, 3.63) is 70.3 Å². The molecule has 0 saturated heterocycles. The van der Waals surface area contributed by atoms with Crippen molar-refractivity contribution in [2.75, 3.05) is 31.7 Å². The van der Waals surface area contributed by atoms with E-state index in [4.69, 9.17) is 9.73 Å². The molecule has 2 aromatic rings. The fourth-order valence-electron chi connectivity index (χ4n) is 5.49. The monoisotopic (exact) mass is 572 g/mol. The third-order valence-electron chi connectivity index (χ3n) is 8.27. The zero-order valence-corrected chi connectivity index (χ0v) is 26.8. The average Bonchev–Trinajstić information content (AvgIpc) is 2.99. The van der Waals surface area contributed by atoms with Crippen LogP contribution in [0.1, 0.15) is 118 Å². The third-order valence-corrected chi connectivity index (χ3v) is 8.27. The fourth-order valence-corrected chi connectivity index (χ4v) is 5.49. The van der Waals surface area contributed by atoms with Gasteiger partial charge in [-0.25, -0.2) is 4.99 Å². The summed E-state index contributed by atoms with van der Waals surface area (Å²) in [4.78, 5) is 33.8. The molecule has 0 fully saturated rings. The second kappa shape index (κ2) is 17.8. The van der Waals surface area contributed by atoms with Gasteiger partial charge in [-0.1, -0.05) is 82.9 Å². The second-order valence-electron chi connectivity index (χ2n) is 11.7. The Hall–Kier alpha value is -3.05. The van der Waals surface area contributed by atoms with E-state index >= 15 is 0 Å². The summed E-state index contributed by atoms with van der Waals surface area (Å²) in [6, 6.07) is 11.9. The summed E-state index contributed by atoms with van der Waals surface area (Å²) >= 11 is 0. The maximum Gasteiger partial charge on any atom is 0.197 e. The molecule has 5 heteroatoms. The highest BCUT2D eigenvalue weighted by atomic mass is 16.5. The van der Waals surface area contributed by atoms with Gasteiger partial charge in [-0.2, -0.15) is 0 Å². The normalized spacial score (nSPS) is 13.8. The van der Waals surface area contributed by atoms with Crippen LogP contribution in [0.25, 0.3) is 0 Å². The largest absolute Gasteiger partial charge is 0.381 e. The average molecular weight is 573 g/mol. The van der Waals surface area contributed by atoms with E-state index in [1.165, 1.54) is 57.8 Å². The van der Waals surface area contributed by atoms with Crippen LogP contribution in [-0.4, -0.2) is 44.1 Å². The lowest BCUT2D eigenvalue weighted by atomic mass is 9.84. The van der Waals surface area contributed by atoms with Crippen LogP contribution >= 0.6 is 0 Å². The van der Waals surface area contributed by atoms with Crippen molar-refractivity contribution in [3.63, 3.8) is 0 Å². The summed E-state index contributed by atoms with van der Waals surface area (Å²) in [5.74, 6) is -0.348. The standard InChI is InChI=1S/C37H52N2O3/c1-6-8-9-10-11-12-13-14-15-16-24-42-25-18-21-35(40)32-27-34(36-28(3)19-17-20-31(36)37(32)41)38-33-23-22-30(26-29(33)4)39(5)7-2/h17,19-20,22-23,26-27H,6-16,18,21,24-25H2,1-5H3. The third kappa shape index (κ3) is 9.76. The van der Waals surface area contributed by atoms with Crippen molar-refractivity contribution in [1.29, 1.82) is 0 Å². The van der Waals surface area contributed by atoms with E-state index in [1.54, 1.807) is 6.08 Å². The summed E-state index contributed by atoms with van der Waals surface area (Å²) in [7, 11) is 2.07. The van der Waals surface area contributed by atoms with Crippen LogP contribution in [0.3, 0.4) is 0 Å². The molecular formula is C37H52N2O3. The van der Waals surface area contributed by atoms with Gasteiger partial charge < -0.3 is 9.64 Å². The van der Waals surface area contributed by atoms with Crippen LogP contribution in [0, 0.1) is 13.8 Å². The predicted octanol–water partition coefficient (Wildman–Crippen LogP) is 9.29. The molecule has 0 radical (unpaired) electrons. The van der Waals surface area contributed by atoms with E-state index in [-0.39, 0.29) is 17.1 Å². The number of aryl methyl sites for hydroxylation is 2. The number of unbranched alkanes of at least 4 members (excludes halogenated alkanes) is 9. The molecule has 0 atom stereocenters. The Morgan fingerprint density at radius 1 is 0.833 bits per heavy atom. The van der Waals surface area contributed by atoms with Gasteiger partial charge in [0.1, 0.15) is 0 Å². The molecular weight excluding hydrogens is 520 g/mol. The number of aliphatic imine (C=N–C) groups is 1. The zero-order valence-electron chi connectivity index (χ0n) is 26.8. The number of benzene rings is 2. The van der Waals surface area contributed by atoms with Gasteiger partial charge in [-0.05, 0) is 69.0 Å². The predicted molar refractivity (Wildman–Crippen MR) is 177 cm³/mol. The molecule has 0 spiro atoms. The molecule has 1 aliphatic carbocycles. The number of carbonyl (C=O) groups is 2. The van der Waals surface area contributed by atoms with Crippen molar-refractivity contribution in [2.45, 2.75) is 105 Å². The molecule has 228 valence electrons. The van der Waals surface area contributed by atoms with E-state index in [9.17, 15) is 9.59 Å². The van der Waals surface area contributed by atoms with Crippen molar-refractivity contribution in [2.24, 2.45) is 4.99 Å². The van der Waals surface area contributed by atoms with Gasteiger partial charge in [-0.3, -0.25) is 9.59 Å².